The Kier molecular flexibility index (Phi) is 3.93. The third kappa shape index (κ3) is 2.80. The molecule has 1 unspecified atom stereocenters. The number of aliphatic hydroxyl groups excluding tert-OH is 1. The molecule has 0 radical (unpaired) electrons. The first-order valence-electron chi connectivity index (χ1n) is 6.11. The summed E-state index contributed by atoms with van der Waals surface area (Å²) in [6, 6.07) is 8.11. The van der Waals surface area contributed by atoms with Gasteiger partial charge in [0.15, 0.2) is 0 Å². The fourth-order valence-electron chi connectivity index (χ4n) is 2.17. The molecule has 0 fully saturated rings. The first-order valence-corrected chi connectivity index (χ1v) is 6.48. The van der Waals surface area contributed by atoms with Crippen molar-refractivity contribution in [2.24, 2.45) is 0 Å². The van der Waals surface area contributed by atoms with Gasteiger partial charge in [0.1, 0.15) is 11.9 Å². The molecular weight excluding hydrogens is 263 g/mol. The van der Waals surface area contributed by atoms with Gasteiger partial charge in [-0.3, -0.25) is 0 Å². The third-order valence-electron chi connectivity index (χ3n) is 3.43. The zero-order chi connectivity index (χ0) is 14.2. The Bertz CT molecular complexity index is 622. The summed E-state index contributed by atoms with van der Waals surface area (Å²) < 4.78 is 13.8. The molecule has 2 rings (SSSR count). The van der Waals surface area contributed by atoms with Crippen LogP contribution in [-0.4, -0.2) is 5.11 Å². The van der Waals surface area contributed by atoms with Gasteiger partial charge in [0.2, 0.25) is 0 Å². The molecule has 2 aromatic rings. The van der Waals surface area contributed by atoms with Crippen LogP contribution in [-0.2, 0) is 0 Å². The number of halogens is 2. The largest absolute Gasteiger partial charge is 0.384 e. The third-order valence-corrected chi connectivity index (χ3v) is 3.66. The smallest absolute Gasteiger partial charge is 0.129 e. The number of hydrogen-bond donors (Lipinski definition) is 1. The molecule has 19 heavy (non-hydrogen) atoms. The van der Waals surface area contributed by atoms with Gasteiger partial charge in [0, 0.05) is 10.6 Å². The van der Waals surface area contributed by atoms with Crippen LogP contribution in [0, 0.1) is 26.6 Å². The maximum atomic E-state index is 13.8. The van der Waals surface area contributed by atoms with Gasteiger partial charge in [-0.15, -0.1) is 0 Å². The van der Waals surface area contributed by atoms with Gasteiger partial charge in [0.05, 0.1) is 0 Å². The van der Waals surface area contributed by atoms with E-state index in [0.29, 0.717) is 10.6 Å². The van der Waals surface area contributed by atoms with Crippen molar-refractivity contribution >= 4 is 11.6 Å². The van der Waals surface area contributed by atoms with Crippen molar-refractivity contribution in [1.82, 2.24) is 0 Å². The molecule has 100 valence electrons. The molecule has 0 amide bonds. The number of rotatable bonds is 2. The summed E-state index contributed by atoms with van der Waals surface area (Å²) in [7, 11) is 0. The Morgan fingerprint density at radius 2 is 1.58 bits per heavy atom. The fourth-order valence-corrected chi connectivity index (χ4v) is 2.35. The van der Waals surface area contributed by atoms with Crippen LogP contribution in [0.4, 0.5) is 4.39 Å². The molecule has 1 atom stereocenters. The molecule has 3 heteroatoms. The van der Waals surface area contributed by atoms with Gasteiger partial charge >= 0.3 is 0 Å². The van der Waals surface area contributed by atoms with Crippen LogP contribution in [0.25, 0.3) is 0 Å². The number of aliphatic hydroxyl groups is 1. The van der Waals surface area contributed by atoms with Crippen molar-refractivity contribution < 1.29 is 9.50 Å². The predicted molar refractivity (Wildman–Crippen MR) is 76.1 cm³/mol. The van der Waals surface area contributed by atoms with Crippen LogP contribution in [0.1, 0.15) is 33.9 Å². The lowest BCUT2D eigenvalue weighted by Crippen LogP contribution is -2.05. The van der Waals surface area contributed by atoms with Gasteiger partial charge in [-0.05, 0) is 61.2 Å². The van der Waals surface area contributed by atoms with Crippen molar-refractivity contribution in [2.45, 2.75) is 26.9 Å². The molecule has 0 bridgehead atoms. The van der Waals surface area contributed by atoms with E-state index >= 15 is 0 Å². The first kappa shape index (κ1) is 14.0. The molecule has 1 N–H and O–H groups in total. The standard InChI is InChI=1S/C16H16ClFO/c1-9-6-11(3)13(7-10(9)2)16(19)14-8-12(17)4-5-15(14)18/h4-8,16,19H,1-3H3. The number of benzene rings is 2. The maximum absolute atomic E-state index is 13.8. The summed E-state index contributed by atoms with van der Waals surface area (Å²) >= 11 is 5.87. The van der Waals surface area contributed by atoms with Crippen molar-refractivity contribution in [1.29, 1.82) is 0 Å². The van der Waals surface area contributed by atoms with Crippen molar-refractivity contribution in [3.63, 3.8) is 0 Å². The van der Waals surface area contributed by atoms with Crippen molar-refractivity contribution in [3.05, 3.63) is 69.0 Å². The second-order valence-electron chi connectivity index (χ2n) is 4.86. The van der Waals surface area contributed by atoms with Crippen LogP contribution >= 0.6 is 11.6 Å². The van der Waals surface area contributed by atoms with E-state index < -0.39 is 11.9 Å². The lowest BCUT2D eigenvalue weighted by molar-refractivity contribution is 0.214. The molecule has 1 nitrogen and oxygen atoms in total. The fraction of sp³-hybridized carbons (Fsp3) is 0.250. The minimum atomic E-state index is -1.00. The highest BCUT2D eigenvalue weighted by molar-refractivity contribution is 6.30. The molecule has 0 aliphatic rings. The summed E-state index contributed by atoms with van der Waals surface area (Å²) in [5.74, 6) is -0.450. The summed E-state index contributed by atoms with van der Waals surface area (Å²) in [4.78, 5) is 0. The van der Waals surface area contributed by atoms with Crippen LogP contribution in [0.15, 0.2) is 30.3 Å². The zero-order valence-electron chi connectivity index (χ0n) is 11.2. The lowest BCUT2D eigenvalue weighted by Gasteiger charge is -2.17. The minimum absolute atomic E-state index is 0.207. The van der Waals surface area contributed by atoms with E-state index in [1.165, 1.54) is 18.2 Å². The quantitative estimate of drug-likeness (QED) is 0.858. The molecule has 0 aromatic heterocycles. The van der Waals surface area contributed by atoms with Gasteiger partial charge in [-0.1, -0.05) is 23.7 Å². The second kappa shape index (κ2) is 5.32. The molecular formula is C16H16ClFO. The zero-order valence-corrected chi connectivity index (χ0v) is 11.9. The van der Waals surface area contributed by atoms with Gasteiger partial charge in [-0.2, -0.15) is 0 Å². The monoisotopic (exact) mass is 278 g/mol. The molecule has 0 aliphatic carbocycles. The van der Waals surface area contributed by atoms with Crippen molar-refractivity contribution in [3.8, 4) is 0 Å². The Labute approximate surface area is 117 Å². The van der Waals surface area contributed by atoms with Gasteiger partial charge < -0.3 is 5.11 Å². The van der Waals surface area contributed by atoms with E-state index in [-0.39, 0.29) is 5.56 Å². The highest BCUT2D eigenvalue weighted by Gasteiger charge is 2.18. The van der Waals surface area contributed by atoms with Gasteiger partial charge in [0.25, 0.3) is 0 Å². The molecule has 0 aliphatic heterocycles. The summed E-state index contributed by atoms with van der Waals surface area (Å²) in [6.07, 6.45) is -1.00. The molecule has 0 saturated heterocycles. The Morgan fingerprint density at radius 1 is 0.947 bits per heavy atom. The number of aryl methyl sites for hydroxylation is 3. The summed E-state index contributed by atoms with van der Waals surface area (Å²) in [6.45, 7) is 5.89. The predicted octanol–water partition coefficient (Wildman–Crippen LogP) is 4.49. The lowest BCUT2D eigenvalue weighted by atomic mass is 9.93. The molecule has 2 aromatic carbocycles. The topological polar surface area (TPSA) is 20.2 Å². The normalized spacial score (nSPS) is 12.5. The van der Waals surface area contributed by atoms with E-state index in [0.717, 1.165) is 16.7 Å². The highest BCUT2D eigenvalue weighted by Crippen LogP contribution is 2.30. The summed E-state index contributed by atoms with van der Waals surface area (Å²) in [5.41, 5.74) is 4.08. The van der Waals surface area contributed by atoms with Crippen LogP contribution in [0.3, 0.4) is 0 Å². The Balaban J connectivity index is 2.52. The van der Waals surface area contributed by atoms with Gasteiger partial charge in [-0.25, -0.2) is 4.39 Å². The first-order chi connectivity index (χ1) is 8.90. The average Bonchev–Trinajstić information content (AvgIpc) is 2.36. The van der Waals surface area contributed by atoms with E-state index in [4.69, 9.17) is 11.6 Å². The molecule has 0 spiro atoms. The molecule has 0 saturated carbocycles. The summed E-state index contributed by atoms with van der Waals surface area (Å²) in [5, 5.41) is 10.8. The molecule has 0 heterocycles. The maximum Gasteiger partial charge on any atom is 0.129 e. The number of hydrogen-bond acceptors (Lipinski definition) is 1. The second-order valence-corrected chi connectivity index (χ2v) is 5.30. The van der Waals surface area contributed by atoms with E-state index in [9.17, 15) is 9.50 Å². The van der Waals surface area contributed by atoms with E-state index in [2.05, 4.69) is 0 Å². The highest BCUT2D eigenvalue weighted by atomic mass is 35.5. The average molecular weight is 279 g/mol. The Morgan fingerprint density at radius 3 is 2.26 bits per heavy atom. The van der Waals surface area contributed by atoms with Crippen LogP contribution in [0.2, 0.25) is 5.02 Å². The SMILES string of the molecule is Cc1cc(C)c(C(O)c2cc(Cl)ccc2F)cc1C. The minimum Gasteiger partial charge on any atom is -0.384 e. The van der Waals surface area contributed by atoms with Crippen molar-refractivity contribution in [2.75, 3.05) is 0 Å². The Hall–Kier alpha value is -1.38. The van der Waals surface area contributed by atoms with E-state index in [1.54, 1.807) is 0 Å². The van der Waals surface area contributed by atoms with E-state index in [1.807, 2.05) is 32.9 Å². The van der Waals surface area contributed by atoms with Crippen LogP contribution in [0.5, 0.6) is 0 Å². The van der Waals surface area contributed by atoms with Crippen LogP contribution < -0.4 is 0 Å².